The van der Waals surface area contributed by atoms with Crippen LogP contribution in [0.2, 0.25) is 0 Å². The Morgan fingerprint density at radius 3 is 2.71 bits per heavy atom. The zero-order valence-electron chi connectivity index (χ0n) is 10.7. The lowest BCUT2D eigenvalue weighted by Crippen LogP contribution is -2.45. The monoisotopic (exact) mass is 232 g/mol. The maximum absolute atomic E-state index is 4.55. The van der Waals surface area contributed by atoms with Crippen LogP contribution in [0.15, 0.2) is 6.33 Å². The summed E-state index contributed by atoms with van der Waals surface area (Å²) in [6.45, 7) is 6.74. The Morgan fingerprint density at radius 1 is 1.18 bits per heavy atom. The van der Waals surface area contributed by atoms with Gasteiger partial charge in [0.05, 0.1) is 0 Å². The summed E-state index contributed by atoms with van der Waals surface area (Å²) in [5, 5.41) is 0. The number of rotatable bonds is 1. The van der Waals surface area contributed by atoms with Crippen LogP contribution in [0.4, 0.5) is 5.82 Å². The summed E-state index contributed by atoms with van der Waals surface area (Å²) in [5.74, 6) is 1.83. The average Bonchev–Trinajstić information content (AvgIpc) is 2.73. The minimum Gasteiger partial charge on any atom is -0.354 e. The number of hydrogen-bond donors (Lipinski definition) is 0. The molecule has 3 rings (SSSR count). The minimum absolute atomic E-state index is 0.626. The van der Waals surface area contributed by atoms with Crippen LogP contribution in [0.3, 0.4) is 0 Å². The van der Waals surface area contributed by atoms with Gasteiger partial charge in [-0.2, -0.15) is 0 Å². The van der Waals surface area contributed by atoms with E-state index in [1.165, 1.54) is 23.5 Å². The SMILES string of the molecule is C[C@@H]1CCc2ncnc(N3CCN(C)CC3)c21. The molecule has 1 aliphatic heterocycles. The molecule has 0 bridgehead atoms. The second-order valence-corrected chi connectivity index (χ2v) is 5.29. The van der Waals surface area contributed by atoms with Crippen molar-refractivity contribution in [3.63, 3.8) is 0 Å². The van der Waals surface area contributed by atoms with E-state index < -0.39 is 0 Å². The van der Waals surface area contributed by atoms with Crippen LogP contribution >= 0.6 is 0 Å². The molecule has 1 saturated heterocycles. The smallest absolute Gasteiger partial charge is 0.135 e. The number of nitrogens with zero attached hydrogens (tertiary/aromatic N) is 4. The molecule has 1 aliphatic carbocycles. The van der Waals surface area contributed by atoms with E-state index in [9.17, 15) is 0 Å². The fourth-order valence-electron chi connectivity index (χ4n) is 2.89. The molecule has 1 fully saturated rings. The van der Waals surface area contributed by atoms with E-state index in [0.717, 1.165) is 32.6 Å². The van der Waals surface area contributed by atoms with E-state index in [0.29, 0.717) is 5.92 Å². The molecular formula is C13H20N4. The van der Waals surface area contributed by atoms with E-state index in [1.807, 2.05) is 0 Å². The Labute approximate surface area is 103 Å². The first kappa shape index (κ1) is 11.0. The maximum atomic E-state index is 4.55. The Kier molecular flexibility index (Phi) is 2.74. The van der Waals surface area contributed by atoms with Crippen molar-refractivity contribution in [3.05, 3.63) is 17.6 Å². The predicted octanol–water partition coefficient (Wildman–Crippen LogP) is 1.28. The van der Waals surface area contributed by atoms with E-state index in [1.54, 1.807) is 6.33 Å². The molecule has 4 heteroatoms. The van der Waals surface area contributed by atoms with Gasteiger partial charge in [-0.1, -0.05) is 6.92 Å². The van der Waals surface area contributed by atoms with E-state index in [4.69, 9.17) is 0 Å². The van der Waals surface area contributed by atoms with Crippen molar-refractivity contribution in [2.45, 2.75) is 25.7 Å². The molecule has 0 amide bonds. The fourth-order valence-corrected chi connectivity index (χ4v) is 2.89. The van der Waals surface area contributed by atoms with Crippen LogP contribution in [0, 0.1) is 0 Å². The Balaban J connectivity index is 1.91. The first-order valence-electron chi connectivity index (χ1n) is 6.53. The predicted molar refractivity (Wildman–Crippen MR) is 68.5 cm³/mol. The highest BCUT2D eigenvalue weighted by Crippen LogP contribution is 2.37. The van der Waals surface area contributed by atoms with Crippen LogP contribution in [0.1, 0.15) is 30.5 Å². The first-order chi connectivity index (χ1) is 8.25. The van der Waals surface area contributed by atoms with Crippen LogP contribution in [0.25, 0.3) is 0 Å². The van der Waals surface area contributed by atoms with Crippen molar-refractivity contribution in [2.24, 2.45) is 0 Å². The molecular weight excluding hydrogens is 212 g/mol. The van der Waals surface area contributed by atoms with E-state index in [-0.39, 0.29) is 0 Å². The van der Waals surface area contributed by atoms with Gasteiger partial charge in [0, 0.05) is 37.4 Å². The zero-order chi connectivity index (χ0) is 11.8. The van der Waals surface area contributed by atoms with Gasteiger partial charge in [-0.05, 0) is 25.8 Å². The van der Waals surface area contributed by atoms with E-state index in [2.05, 4.69) is 33.7 Å². The molecule has 4 nitrogen and oxygen atoms in total. The summed E-state index contributed by atoms with van der Waals surface area (Å²) >= 11 is 0. The topological polar surface area (TPSA) is 32.3 Å². The Morgan fingerprint density at radius 2 is 1.94 bits per heavy atom. The molecule has 92 valence electrons. The molecule has 2 aliphatic rings. The van der Waals surface area contributed by atoms with Gasteiger partial charge in [-0.3, -0.25) is 0 Å². The Bertz CT molecular complexity index is 410. The normalized spacial score (nSPS) is 25.1. The number of anilines is 1. The van der Waals surface area contributed by atoms with Crippen molar-refractivity contribution in [2.75, 3.05) is 38.1 Å². The third-order valence-corrected chi connectivity index (χ3v) is 4.06. The highest BCUT2D eigenvalue weighted by Gasteiger charge is 2.27. The molecule has 1 aromatic rings. The lowest BCUT2D eigenvalue weighted by Gasteiger charge is -2.34. The fraction of sp³-hybridized carbons (Fsp3) is 0.692. The van der Waals surface area contributed by atoms with Gasteiger partial charge in [-0.15, -0.1) is 0 Å². The van der Waals surface area contributed by atoms with Gasteiger partial charge in [0.1, 0.15) is 12.1 Å². The molecule has 0 saturated carbocycles. The highest BCUT2D eigenvalue weighted by atomic mass is 15.3. The first-order valence-corrected chi connectivity index (χ1v) is 6.53. The number of aryl methyl sites for hydroxylation is 1. The summed E-state index contributed by atoms with van der Waals surface area (Å²) in [4.78, 5) is 13.8. The number of hydrogen-bond acceptors (Lipinski definition) is 4. The number of aromatic nitrogens is 2. The summed E-state index contributed by atoms with van der Waals surface area (Å²) < 4.78 is 0. The second-order valence-electron chi connectivity index (χ2n) is 5.29. The Hall–Kier alpha value is -1.16. The molecule has 1 aromatic heterocycles. The molecule has 1 atom stereocenters. The summed E-state index contributed by atoms with van der Waals surface area (Å²) in [5.41, 5.74) is 2.69. The number of likely N-dealkylation sites (N-methyl/N-ethyl adjacent to an activating group) is 1. The average molecular weight is 232 g/mol. The molecule has 0 N–H and O–H groups in total. The second kappa shape index (κ2) is 4.26. The maximum Gasteiger partial charge on any atom is 0.135 e. The lowest BCUT2D eigenvalue weighted by molar-refractivity contribution is 0.311. The van der Waals surface area contributed by atoms with Crippen LogP contribution in [-0.2, 0) is 6.42 Å². The number of piperazine rings is 1. The van der Waals surface area contributed by atoms with Crippen molar-refractivity contribution < 1.29 is 0 Å². The van der Waals surface area contributed by atoms with Crippen molar-refractivity contribution >= 4 is 5.82 Å². The van der Waals surface area contributed by atoms with Gasteiger partial charge >= 0.3 is 0 Å². The van der Waals surface area contributed by atoms with Gasteiger partial charge in [0.15, 0.2) is 0 Å². The van der Waals surface area contributed by atoms with Crippen molar-refractivity contribution in [3.8, 4) is 0 Å². The zero-order valence-corrected chi connectivity index (χ0v) is 10.7. The van der Waals surface area contributed by atoms with Crippen LogP contribution in [0.5, 0.6) is 0 Å². The van der Waals surface area contributed by atoms with Gasteiger partial charge in [0.25, 0.3) is 0 Å². The molecule has 0 radical (unpaired) electrons. The molecule has 0 aromatic carbocycles. The van der Waals surface area contributed by atoms with Gasteiger partial charge < -0.3 is 9.80 Å². The highest BCUT2D eigenvalue weighted by molar-refractivity contribution is 5.52. The summed E-state index contributed by atoms with van der Waals surface area (Å²) in [7, 11) is 2.18. The third kappa shape index (κ3) is 1.90. The third-order valence-electron chi connectivity index (χ3n) is 4.06. The van der Waals surface area contributed by atoms with Gasteiger partial charge in [0.2, 0.25) is 0 Å². The minimum atomic E-state index is 0.626. The lowest BCUT2D eigenvalue weighted by atomic mass is 10.1. The molecule has 0 spiro atoms. The number of fused-ring (bicyclic) bond motifs is 1. The quantitative estimate of drug-likeness (QED) is 0.730. The van der Waals surface area contributed by atoms with Crippen molar-refractivity contribution in [1.29, 1.82) is 0 Å². The largest absolute Gasteiger partial charge is 0.354 e. The van der Waals surface area contributed by atoms with E-state index >= 15 is 0 Å². The molecule has 2 heterocycles. The summed E-state index contributed by atoms with van der Waals surface area (Å²) in [6, 6.07) is 0. The summed E-state index contributed by atoms with van der Waals surface area (Å²) in [6.07, 6.45) is 4.10. The van der Waals surface area contributed by atoms with Crippen LogP contribution < -0.4 is 4.90 Å². The standard InChI is InChI=1S/C13H20N4/c1-10-3-4-11-12(10)13(15-9-14-11)17-7-5-16(2)6-8-17/h9-10H,3-8H2,1-2H3/t10-/m1/s1. The van der Waals surface area contributed by atoms with Crippen molar-refractivity contribution in [1.82, 2.24) is 14.9 Å². The van der Waals surface area contributed by atoms with Gasteiger partial charge in [-0.25, -0.2) is 9.97 Å². The van der Waals surface area contributed by atoms with Crippen LogP contribution in [-0.4, -0.2) is 48.1 Å². The molecule has 0 unspecified atom stereocenters. The molecule has 17 heavy (non-hydrogen) atoms.